The van der Waals surface area contributed by atoms with E-state index >= 15 is 0 Å². The summed E-state index contributed by atoms with van der Waals surface area (Å²) in [5, 5.41) is 0. The van der Waals surface area contributed by atoms with Crippen LogP contribution in [0.15, 0.2) is 30.4 Å². The van der Waals surface area contributed by atoms with Gasteiger partial charge in [-0.05, 0) is 45.0 Å². The summed E-state index contributed by atoms with van der Waals surface area (Å²) < 4.78 is 15.6. The first-order chi connectivity index (χ1) is 10.1. The Morgan fingerprint density at radius 2 is 1.62 bits per heavy atom. The Bertz CT molecular complexity index is 519. The molecule has 21 heavy (non-hydrogen) atoms. The fourth-order valence-corrected chi connectivity index (χ4v) is 1.63. The molecular weight excluding hydrogens is 272 g/mol. The summed E-state index contributed by atoms with van der Waals surface area (Å²) in [6, 6.07) is 4.91. The summed E-state index contributed by atoms with van der Waals surface area (Å²) in [6.07, 6.45) is 2.30. The number of carbonyl (C=O) groups is 2. The molecule has 0 aromatic heterocycles. The standard InChI is InChI=1S/C16H20O5/c1-4-19-14-9-7-12(11-15(14)20-5-2)13(17)8-10-16(18)21-6-3/h7-11H,4-6H2,1-3H3/b10-8+. The highest BCUT2D eigenvalue weighted by Crippen LogP contribution is 2.28. The Hall–Kier alpha value is -2.30. The molecule has 0 aliphatic carbocycles. The quantitative estimate of drug-likeness (QED) is 0.419. The van der Waals surface area contributed by atoms with Gasteiger partial charge in [0.2, 0.25) is 0 Å². The van der Waals surface area contributed by atoms with Gasteiger partial charge in [0.15, 0.2) is 17.3 Å². The number of allylic oxidation sites excluding steroid dienone is 1. The van der Waals surface area contributed by atoms with Crippen LogP contribution in [0.1, 0.15) is 31.1 Å². The molecule has 0 N–H and O–H groups in total. The average molecular weight is 292 g/mol. The first kappa shape index (κ1) is 16.8. The van der Waals surface area contributed by atoms with E-state index in [1.807, 2.05) is 13.8 Å². The monoisotopic (exact) mass is 292 g/mol. The summed E-state index contributed by atoms with van der Waals surface area (Å²) in [6.45, 7) is 6.68. The van der Waals surface area contributed by atoms with Crippen LogP contribution in [-0.2, 0) is 9.53 Å². The smallest absolute Gasteiger partial charge is 0.330 e. The summed E-state index contributed by atoms with van der Waals surface area (Å²) in [7, 11) is 0. The van der Waals surface area contributed by atoms with E-state index < -0.39 is 5.97 Å². The van der Waals surface area contributed by atoms with Crippen LogP contribution in [0.5, 0.6) is 11.5 Å². The second kappa shape index (κ2) is 8.79. The van der Waals surface area contributed by atoms with Gasteiger partial charge < -0.3 is 14.2 Å². The molecule has 0 unspecified atom stereocenters. The second-order valence-corrected chi connectivity index (χ2v) is 3.98. The minimum atomic E-state index is -0.540. The Morgan fingerprint density at radius 1 is 0.952 bits per heavy atom. The van der Waals surface area contributed by atoms with Gasteiger partial charge in [-0.3, -0.25) is 4.79 Å². The molecule has 0 aliphatic rings. The Labute approximate surface area is 124 Å². The number of ether oxygens (including phenoxy) is 3. The van der Waals surface area contributed by atoms with Crippen molar-refractivity contribution in [1.29, 1.82) is 0 Å². The summed E-state index contributed by atoms with van der Waals surface area (Å²) >= 11 is 0. The number of hydrogen-bond donors (Lipinski definition) is 0. The van der Waals surface area contributed by atoms with E-state index in [1.54, 1.807) is 25.1 Å². The topological polar surface area (TPSA) is 61.8 Å². The molecule has 1 aromatic carbocycles. The normalized spacial score (nSPS) is 10.4. The summed E-state index contributed by atoms with van der Waals surface area (Å²) in [4.78, 5) is 23.2. The molecule has 114 valence electrons. The molecule has 0 aliphatic heterocycles. The van der Waals surface area contributed by atoms with Crippen LogP contribution >= 0.6 is 0 Å². The van der Waals surface area contributed by atoms with Gasteiger partial charge in [0, 0.05) is 11.6 Å². The van der Waals surface area contributed by atoms with Gasteiger partial charge in [0.1, 0.15) is 0 Å². The highest BCUT2D eigenvalue weighted by Gasteiger charge is 2.10. The molecule has 0 saturated heterocycles. The van der Waals surface area contributed by atoms with Crippen LogP contribution in [0.25, 0.3) is 0 Å². The van der Waals surface area contributed by atoms with Gasteiger partial charge in [0.05, 0.1) is 19.8 Å². The number of rotatable bonds is 8. The number of carbonyl (C=O) groups excluding carboxylic acids is 2. The predicted octanol–water partition coefficient (Wildman–Crippen LogP) is 2.79. The van der Waals surface area contributed by atoms with E-state index in [9.17, 15) is 9.59 Å². The maximum absolute atomic E-state index is 12.0. The third kappa shape index (κ3) is 5.30. The number of benzene rings is 1. The van der Waals surface area contributed by atoms with E-state index in [0.717, 1.165) is 6.08 Å². The molecule has 1 rings (SSSR count). The molecule has 0 spiro atoms. The van der Waals surface area contributed by atoms with Crippen molar-refractivity contribution in [3.8, 4) is 11.5 Å². The molecule has 0 saturated carbocycles. The maximum atomic E-state index is 12.0. The van der Waals surface area contributed by atoms with E-state index in [-0.39, 0.29) is 12.4 Å². The fraction of sp³-hybridized carbons (Fsp3) is 0.375. The second-order valence-electron chi connectivity index (χ2n) is 3.98. The van der Waals surface area contributed by atoms with Crippen molar-refractivity contribution in [2.24, 2.45) is 0 Å². The zero-order valence-electron chi connectivity index (χ0n) is 12.5. The Kier molecular flexibility index (Phi) is 7.01. The van der Waals surface area contributed by atoms with Crippen LogP contribution in [0.4, 0.5) is 0 Å². The van der Waals surface area contributed by atoms with Crippen molar-refractivity contribution in [3.63, 3.8) is 0 Å². The highest BCUT2D eigenvalue weighted by atomic mass is 16.5. The molecule has 0 atom stereocenters. The van der Waals surface area contributed by atoms with E-state index in [1.165, 1.54) is 6.08 Å². The molecule has 0 amide bonds. The van der Waals surface area contributed by atoms with Gasteiger partial charge in [-0.15, -0.1) is 0 Å². The Balaban J connectivity index is 2.89. The minimum Gasteiger partial charge on any atom is -0.490 e. The molecule has 0 radical (unpaired) electrons. The SMILES string of the molecule is CCOC(=O)/C=C/C(=O)c1ccc(OCC)c(OCC)c1. The molecule has 0 bridgehead atoms. The predicted molar refractivity (Wildman–Crippen MR) is 78.9 cm³/mol. The summed E-state index contributed by atoms with van der Waals surface area (Å²) in [5.41, 5.74) is 0.419. The van der Waals surface area contributed by atoms with E-state index in [4.69, 9.17) is 14.2 Å². The zero-order valence-corrected chi connectivity index (χ0v) is 12.5. The first-order valence-electron chi connectivity index (χ1n) is 6.91. The average Bonchev–Trinajstić information content (AvgIpc) is 2.47. The van der Waals surface area contributed by atoms with Crippen molar-refractivity contribution in [2.75, 3.05) is 19.8 Å². The Morgan fingerprint density at radius 3 is 2.24 bits per heavy atom. The molecule has 0 heterocycles. The lowest BCUT2D eigenvalue weighted by atomic mass is 10.1. The van der Waals surface area contributed by atoms with Crippen LogP contribution in [0.3, 0.4) is 0 Å². The van der Waals surface area contributed by atoms with Crippen LogP contribution in [0.2, 0.25) is 0 Å². The van der Waals surface area contributed by atoms with Gasteiger partial charge in [0.25, 0.3) is 0 Å². The lowest BCUT2D eigenvalue weighted by Gasteiger charge is -2.11. The van der Waals surface area contributed by atoms with Gasteiger partial charge in [-0.25, -0.2) is 4.79 Å². The van der Waals surface area contributed by atoms with Crippen molar-refractivity contribution < 1.29 is 23.8 Å². The number of esters is 1. The largest absolute Gasteiger partial charge is 0.490 e. The number of ketones is 1. The first-order valence-corrected chi connectivity index (χ1v) is 6.91. The lowest BCUT2D eigenvalue weighted by Crippen LogP contribution is -2.03. The third-order valence-corrected chi connectivity index (χ3v) is 2.49. The lowest BCUT2D eigenvalue weighted by molar-refractivity contribution is -0.137. The van der Waals surface area contributed by atoms with Crippen molar-refractivity contribution in [2.45, 2.75) is 20.8 Å². The molecule has 0 fully saturated rings. The molecule has 5 nitrogen and oxygen atoms in total. The highest BCUT2D eigenvalue weighted by molar-refractivity contribution is 6.07. The van der Waals surface area contributed by atoms with Crippen LogP contribution in [0, 0.1) is 0 Å². The molecular formula is C16H20O5. The van der Waals surface area contributed by atoms with Crippen LogP contribution < -0.4 is 9.47 Å². The van der Waals surface area contributed by atoms with Crippen molar-refractivity contribution in [1.82, 2.24) is 0 Å². The maximum Gasteiger partial charge on any atom is 0.330 e. The van der Waals surface area contributed by atoms with Crippen molar-refractivity contribution >= 4 is 11.8 Å². The van der Waals surface area contributed by atoms with Crippen molar-refractivity contribution in [3.05, 3.63) is 35.9 Å². The summed E-state index contributed by atoms with van der Waals surface area (Å²) in [5.74, 6) is 0.258. The number of hydrogen-bond acceptors (Lipinski definition) is 5. The van der Waals surface area contributed by atoms with E-state index in [2.05, 4.69) is 0 Å². The van der Waals surface area contributed by atoms with Gasteiger partial charge >= 0.3 is 5.97 Å². The third-order valence-electron chi connectivity index (χ3n) is 2.49. The van der Waals surface area contributed by atoms with Crippen LogP contribution in [-0.4, -0.2) is 31.6 Å². The minimum absolute atomic E-state index is 0.273. The van der Waals surface area contributed by atoms with Gasteiger partial charge in [-0.2, -0.15) is 0 Å². The fourth-order valence-electron chi connectivity index (χ4n) is 1.63. The van der Waals surface area contributed by atoms with E-state index in [0.29, 0.717) is 30.3 Å². The zero-order chi connectivity index (χ0) is 15.7. The van der Waals surface area contributed by atoms with Gasteiger partial charge in [-0.1, -0.05) is 0 Å². The molecule has 5 heteroatoms. The molecule has 1 aromatic rings.